The zero-order valence-electron chi connectivity index (χ0n) is 8.53. The van der Waals surface area contributed by atoms with Crippen molar-refractivity contribution in [1.82, 2.24) is 0 Å². The second kappa shape index (κ2) is 5.88. The Bertz CT molecular complexity index is 339. The van der Waals surface area contributed by atoms with E-state index in [0.29, 0.717) is 12.8 Å². The third-order valence-corrected chi connectivity index (χ3v) is 2.39. The van der Waals surface area contributed by atoms with Gasteiger partial charge < -0.3 is 10.4 Å². The molecule has 15 heavy (non-hydrogen) atoms. The predicted octanol–water partition coefficient (Wildman–Crippen LogP) is 2.55. The van der Waals surface area contributed by atoms with E-state index in [-0.39, 0.29) is 5.91 Å². The summed E-state index contributed by atoms with van der Waals surface area (Å²) in [5.41, 5.74) is 0.764. The number of anilines is 1. The highest BCUT2D eigenvalue weighted by Crippen LogP contribution is 2.15. The molecule has 1 aromatic rings. The Morgan fingerprint density at radius 2 is 2.33 bits per heavy atom. The number of aliphatic hydroxyl groups is 1. The number of rotatable bonds is 4. The molecule has 1 aromatic carbocycles. The molecule has 2 N–H and O–H groups in total. The summed E-state index contributed by atoms with van der Waals surface area (Å²) in [5.74, 6) is -0.0750. The molecule has 0 spiro atoms. The quantitative estimate of drug-likeness (QED) is 0.884. The lowest BCUT2D eigenvalue weighted by Crippen LogP contribution is -2.13. The minimum atomic E-state index is -0.432. The molecule has 1 unspecified atom stereocenters. The van der Waals surface area contributed by atoms with Crippen LogP contribution < -0.4 is 5.32 Å². The van der Waals surface area contributed by atoms with E-state index >= 15 is 0 Å². The van der Waals surface area contributed by atoms with Crippen molar-refractivity contribution < 1.29 is 9.90 Å². The normalized spacial score (nSPS) is 12.2. The molecule has 0 saturated heterocycles. The number of carbonyl (C=O) groups is 1. The van der Waals surface area contributed by atoms with Crippen LogP contribution in [-0.2, 0) is 4.79 Å². The lowest BCUT2D eigenvalue weighted by Gasteiger charge is -2.06. The average Bonchev–Trinajstić information content (AvgIpc) is 2.15. The van der Waals surface area contributed by atoms with E-state index in [2.05, 4.69) is 21.2 Å². The Morgan fingerprint density at radius 3 is 2.93 bits per heavy atom. The summed E-state index contributed by atoms with van der Waals surface area (Å²) in [7, 11) is 0. The van der Waals surface area contributed by atoms with Crippen LogP contribution >= 0.6 is 15.9 Å². The molecule has 0 fully saturated rings. The van der Waals surface area contributed by atoms with Gasteiger partial charge in [-0.3, -0.25) is 4.79 Å². The fraction of sp³-hybridized carbons (Fsp3) is 0.364. The van der Waals surface area contributed by atoms with Crippen LogP contribution in [0.4, 0.5) is 5.69 Å². The minimum Gasteiger partial charge on any atom is -0.393 e. The van der Waals surface area contributed by atoms with E-state index in [1.807, 2.05) is 24.3 Å². The Kier molecular flexibility index (Phi) is 4.78. The van der Waals surface area contributed by atoms with Crippen molar-refractivity contribution in [3.63, 3.8) is 0 Å². The van der Waals surface area contributed by atoms with Crippen molar-refractivity contribution >= 4 is 27.5 Å². The van der Waals surface area contributed by atoms with Crippen molar-refractivity contribution in [2.45, 2.75) is 25.9 Å². The molecule has 0 aliphatic heterocycles. The Balaban J connectivity index is 2.44. The van der Waals surface area contributed by atoms with Crippen LogP contribution in [0.1, 0.15) is 19.8 Å². The number of halogens is 1. The molecule has 3 nitrogen and oxygen atoms in total. The van der Waals surface area contributed by atoms with E-state index in [9.17, 15) is 4.79 Å². The first-order valence-corrected chi connectivity index (χ1v) is 5.60. The maximum Gasteiger partial charge on any atom is 0.224 e. The van der Waals surface area contributed by atoms with Gasteiger partial charge >= 0.3 is 0 Å². The summed E-state index contributed by atoms with van der Waals surface area (Å²) in [6.45, 7) is 1.67. The van der Waals surface area contributed by atoms with Crippen LogP contribution in [0, 0.1) is 0 Å². The van der Waals surface area contributed by atoms with Crippen molar-refractivity contribution in [3.8, 4) is 0 Å². The fourth-order valence-corrected chi connectivity index (χ4v) is 1.53. The molecule has 0 aromatic heterocycles. The Hall–Kier alpha value is -0.870. The smallest absolute Gasteiger partial charge is 0.224 e. The maximum atomic E-state index is 11.4. The van der Waals surface area contributed by atoms with Crippen LogP contribution in [0.25, 0.3) is 0 Å². The van der Waals surface area contributed by atoms with Crippen molar-refractivity contribution in [3.05, 3.63) is 28.7 Å². The molecular formula is C11H14BrNO2. The van der Waals surface area contributed by atoms with Gasteiger partial charge in [0.25, 0.3) is 0 Å². The van der Waals surface area contributed by atoms with E-state index in [1.54, 1.807) is 6.92 Å². The molecule has 1 rings (SSSR count). The van der Waals surface area contributed by atoms with Crippen molar-refractivity contribution in [1.29, 1.82) is 0 Å². The summed E-state index contributed by atoms with van der Waals surface area (Å²) >= 11 is 3.32. The first-order chi connectivity index (χ1) is 7.08. The van der Waals surface area contributed by atoms with E-state index in [0.717, 1.165) is 10.2 Å². The molecule has 82 valence electrons. The van der Waals surface area contributed by atoms with Crippen LogP contribution in [0.15, 0.2) is 28.7 Å². The van der Waals surface area contributed by atoms with Crippen LogP contribution in [-0.4, -0.2) is 17.1 Å². The van der Waals surface area contributed by atoms with Gasteiger partial charge in [0.05, 0.1) is 6.10 Å². The third kappa shape index (κ3) is 4.95. The predicted molar refractivity (Wildman–Crippen MR) is 63.7 cm³/mol. The van der Waals surface area contributed by atoms with E-state index < -0.39 is 6.10 Å². The Labute approximate surface area is 97.6 Å². The van der Waals surface area contributed by atoms with Gasteiger partial charge in [0, 0.05) is 16.6 Å². The molecule has 0 aliphatic rings. The lowest BCUT2D eigenvalue weighted by atomic mass is 10.2. The van der Waals surface area contributed by atoms with E-state index in [1.165, 1.54) is 0 Å². The van der Waals surface area contributed by atoms with Crippen molar-refractivity contribution in [2.24, 2.45) is 0 Å². The van der Waals surface area contributed by atoms with Crippen LogP contribution in [0.3, 0.4) is 0 Å². The molecule has 0 bridgehead atoms. The number of hydrogen-bond donors (Lipinski definition) is 2. The summed E-state index contributed by atoms with van der Waals surface area (Å²) in [5, 5.41) is 11.8. The highest BCUT2D eigenvalue weighted by atomic mass is 79.9. The van der Waals surface area contributed by atoms with Gasteiger partial charge in [-0.2, -0.15) is 0 Å². The first kappa shape index (κ1) is 12.2. The molecule has 0 heterocycles. The van der Waals surface area contributed by atoms with Crippen LogP contribution in [0.5, 0.6) is 0 Å². The number of nitrogens with one attached hydrogen (secondary N) is 1. The Morgan fingerprint density at radius 1 is 1.60 bits per heavy atom. The lowest BCUT2D eigenvalue weighted by molar-refractivity contribution is -0.116. The van der Waals surface area contributed by atoms with Gasteiger partial charge in [0.1, 0.15) is 0 Å². The van der Waals surface area contributed by atoms with Crippen molar-refractivity contribution in [2.75, 3.05) is 5.32 Å². The topological polar surface area (TPSA) is 49.3 Å². The maximum absolute atomic E-state index is 11.4. The van der Waals surface area contributed by atoms with Gasteiger partial charge in [-0.15, -0.1) is 0 Å². The molecule has 0 saturated carbocycles. The highest BCUT2D eigenvalue weighted by molar-refractivity contribution is 9.10. The third-order valence-electron chi connectivity index (χ3n) is 1.90. The van der Waals surface area contributed by atoms with Gasteiger partial charge in [0.15, 0.2) is 0 Å². The second-order valence-corrected chi connectivity index (χ2v) is 4.36. The SMILES string of the molecule is CC(O)CCC(=O)Nc1cccc(Br)c1. The van der Waals surface area contributed by atoms with Gasteiger partial charge in [-0.1, -0.05) is 22.0 Å². The summed E-state index contributed by atoms with van der Waals surface area (Å²) in [6.07, 6.45) is 0.391. The molecular weight excluding hydrogens is 258 g/mol. The van der Waals surface area contributed by atoms with E-state index in [4.69, 9.17) is 5.11 Å². The molecule has 1 atom stereocenters. The van der Waals surface area contributed by atoms with Gasteiger partial charge in [-0.25, -0.2) is 0 Å². The number of aliphatic hydroxyl groups excluding tert-OH is 1. The summed E-state index contributed by atoms with van der Waals surface area (Å²) in [4.78, 5) is 11.4. The summed E-state index contributed by atoms with van der Waals surface area (Å²) < 4.78 is 0.927. The zero-order chi connectivity index (χ0) is 11.3. The van der Waals surface area contributed by atoms with Gasteiger partial charge in [-0.05, 0) is 31.5 Å². The standard InChI is InChI=1S/C11H14BrNO2/c1-8(14)5-6-11(15)13-10-4-2-3-9(12)7-10/h2-4,7-8,14H,5-6H2,1H3,(H,13,15). The highest BCUT2D eigenvalue weighted by Gasteiger charge is 2.04. The number of amides is 1. The fourth-order valence-electron chi connectivity index (χ4n) is 1.13. The molecule has 4 heteroatoms. The number of carbonyl (C=O) groups excluding carboxylic acids is 1. The minimum absolute atomic E-state index is 0.0750. The monoisotopic (exact) mass is 271 g/mol. The molecule has 0 radical (unpaired) electrons. The summed E-state index contributed by atoms with van der Waals surface area (Å²) in [6, 6.07) is 7.41. The first-order valence-electron chi connectivity index (χ1n) is 4.81. The van der Waals surface area contributed by atoms with Gasteiger partial charge in [0.2, 0.25) is 5.91 Å². The molecule has 1 amide bonds. The largest absolute Gasteiger partial charge is 0.393 e. The average molecular weight is 272 g/mol. The second-order valence-electron chi connectivity index (χ2n) is 3.45. The van der Waals surface area contributed by atoms with Crippen LogP contribution in [0.2, 0.25) is 0 Å². The molecule has 0 aliphatic carbocycles. The number of hydrogen-bond acceptors (Lipinski definition) is 2. The zero-order valence-corrected chi connectivity index (χ0v) is 10.1. The number of benzene rings is 1.